The van der Waals surface area contributed by atoms with Crippen molar-refractivity contribution in [3.63, 3.8) is 0 Å². The molecule has 0 bridgehead atoms. The Morgan fingerprint density at radius 1 is 0.311 bits per heavy atom. The first kappa shape index (κ1) is 79.5. The van der Waals surface area contributed by atoms with Crippen molar-refractivity contribution < 1.29 is 30.6 Å². The van der Waals surface area contributed by atoms with Crippen LogP contribution >= 0.6 is 271 Å². The average molecular weight is 2120 g/mol. The van der Waals surface area contributed by atoms with Crippen LogP contribution in [0.4, 0.5) is 0 Å². The minimum atomic E-state index is 0.113. The lowest BCUT2D eigenvalue weighted by Gasteiger charge is -2.29. The highest BCUT2D eigenvalue weighted by molar-refractivity contribution is 14.1. The second kappa shape index (κ2) is 41.2. The molecule has 6 nitrogen and oxygen atoms in total. The highest BCUT2D eigenvalue weighted by atomic mass is 127. The number of hydrogen-bond donors (Lipinski definition) is 6. The van der Waals surface area contributed by atoms with Gasteiger partial charge in [0.1, 0.15) is 34.5 Å². The first-order valence-corrected chi connectivity index (χ1v) is 45.0. The number of phenolic OH excluding ortho intramolecular Hbond substituents is 6. The van der Waals surface area contributed by atoms with E-state index < -0.39 is 0 Å². The number of aromatic hydroxyl groups is 6. The molecule has 3 aliphatic rings. The molecule has 0 aliphatic heterocycles. The van der Waals surface area contributed by atoms with Crippen LogP contribution < -0.4 is 0 Å². The normalized spacial score (nSPS) is 20.0. The summed E-state index contributed by atoms with van der Waals surface area (Å²) in [6.07, 6.45) is 22.4. The van der Waals surface area contributed by atoms with E-state index in [1.165, 1.54) is 110 Å². The maximum absolute atomic E-state index is 10.5. The van der Waals surface area contributed by atoms with Gasteiger partial charge in [-0.3, -0.25) is 0 Å². The van der Waals surface area contributed by atoms with Crippen molar-refractivity contribution in [3.05, 3.63) is 158 Å². The predicted molar refractivity (Wildman–Crippen MR) is 444 cm³/mol. The minimum absolute atomic E-state index is 0.113. The van der Waals surface area contributed by atoms with Gasteiger partial charge in [0.25, 0.3) is 0 Å². The van der Waals surface area contributed by atoms with Gasteiger partial charge in [0.05, 0.1) is 26.1 Å². The molecule has 492 valence electrons. The molecule has 90 heavy (non-hydrogen) atoms. The number of hydrogen-bond acceptors (Lipinski definition) is 12. The van der Waals surface area contributed by atoms with Gasteiger partial charge in [-0.2, -0.15) is 70.6 Å². The quantitative estimate of drug-likeness (QED) is 0.0460. The lowest BCUT2D eigenvalue weighted by Crippen LogP contribution is -2.22. The Labute approximate surface area is 666 Å². The number of benzene rings is 6. The van der Waals surface area contributed by atoms with Crippen LogP contribution in [0.1, 0.15) is 149 Å². The molecule has 0 spiro atoms. The Balaban J connectivity index is 0.000000192. The van der Waals surface area contributed by atoms with Crippen LogP contribution in [-0.4, -0.2) is 62.1 Å². The lowest BCUT2D eigenvalue weighted by molar-refractivity contribution is 0.466. The third-order valence-corrected chi connectivity index (χ3v) is 31.2. The first-order valence-electron chi connectivity index (χ1n) is 29.8. The van der Waals surface area contributed by atoms with Crippen molar-refractivity contribution in [2.45, 2.75) is 182 Å². The summed E-state index contributed by atoms with van der Waals surface area (Å²) in [7, 11) is 0. The van der Waals surface area contributed by atoms with Crippen LogP contribution in [0.25, 0.3) is 0 Å². The van der Waals surface area contributed by atoms with Crippen LogP contribution in [0.2, 0.25) is 20.1 Å². The molecule has 0 aromatic heterocycles. The van der Waals surface area contributed by atoms with Gasteiger partial charge in [-0.25, -0.2) is 0 Å². The van der Waals surface area contributed by atoms with E-state index in [1.807, 2.05) is 107 Å². The SMILES string of the molecule is Oc1c(Br)cc(Br)cc1CSC1CCCCCCC1SCc1cc(Br)cc(Br)c1O.Oc1c(Cl)cc(Cl)cc1CSC1CCCCCCC1SCc1cc(Cl)cc(Cl)c1O.Oc1c(I)cc(I)cc1CSC1CCCCCCC1SCc1cc(I)cc(I)c1O. The summed E-state index contributed by atoms with van der Waals surface area (Å²) in [5, 5.41) is 67.2. The van der Waals surface area contributed by atoms with Gasteiger partial charge in [0.15, 0.2) is 0 Å². The van der Waals surface area contributed by atoms with E-state index >= 15 is 0 Å². The number of thioether (sulfide) groups is 6. The average Bonchev–Trinajstić information content (AvgIpc) is 2.19. The van der Waals surface area contributed by atoms with Gasteiger partial charge in [-0.05, 0) is 234 Å². The number of rotatable bonds is 18. The Bertz CT molecular complexity index is 2780. The summed E-state index contributed by atoms with van der Waals surface area (Å²) in [4.78, 5) is 0. The molecule has 0 heterocycles. The second-order valence-corrected chi connectivity index (χ2v) is 39.9. The Hall–Kier alpha value is 2.22. The van der Waals surface area contributed by atoms with Crippen LogP contribution in [-0.2, 0) is 34.5 Å². The lowest BCUT2D eigenvalue weighted by atomic mass is 10.00. The Kier molecular flexibility index (Phi) is 36.4. The monoisotopic (exact) mass is 2120 g/mol. The fraction of sp³-hybridized carbons (Fsp3) is 0.455. The van der Waals surface area contributed by atoms with E-state index in [0.717, 1.165) is 94.3 Å². The summed E-state index contributed by atoms with van der Waals surface area (Å²) in [5.74, 6) is 6.38. The fourth-order valence-electron chi connectivity index (χ4n) is 10.9. The zero-order valence-electron chi connectivity index (χ0n) is 49.0. The van der Waals surface area contributed by atoms with Gasteiger partial charge < -0.3 is 30.6 Å². The number of halogens is 12. The zero-order chi connectivity index (χ0) is 65.0. The van der Waals surface area contributed by atoms with Crippen molar-refractivity contribution in [1.29, 1.82) is 0 Å². The fourth-order valence-corrected chi connectivity index (χ4v) is 27.8. The van der Waals surface area contributed by atoms with E-state index in [4.69, 9.17) is 46.4 Å². The molecule has 0 radical (unpaired) electrons. The van der Waals surface area contributed by atoms with Crippen LogP contribution in [0, 0.1) is 14.3 Å². The maximum atomic E-state index is 10.5. The van der Waals surface area contributed by atoms with Gasteiger partial charge in [0, 0.05) is 126 Å². The second-order valence-electron chi connectivity index (χ2n) is 22.4. The van der Waals surface area contributed by atoms with Crippen molar-refractivity contribution >= 4 is 271 Å². The molecular weight excluding hydrogens is 2050 g/mol. The highest BCUT2D eigenvalue weighted by Gasteiger charge is 2.29. The molecule has 6 N–H and O–H groups in total. The molecule has 0 amide bonds. The molecule has 6 atom stereocenters. The van der Waals surface area contributed by atoms with Gasteiger partial charge in [-0.1, -0.05) is 155 Å². The third kappa shape index (κ3) is 25.7. The van der Waals surface area contributed by atoms with E-state index in [0.29, 0.717) is 76.0 Å². The minimum Gasteiger partial charge on any atom is -0.507 e. The molecule has 24 heteroatoms. The Morgan fingerprint density at radius 3 is 0.822 bits per heavy atom. The molecule has 3 saturated carbocycles. The summed E-state index contributed by atoms with van der Waals surface area (Å²) in [5.41, 5.74) is 5.55. The molecule has 6 aromatic rings. The van der Waals surface area contributed by atoms with Crippen molar-refractivity contribution in [1.82, 2.24) is 0 Å². The molecule has 9 rings (SSSR count). The summed E-state index contributed by atoms with van der Waals surface area (Å²) < 4.78 is 7.63. The van der Waals surface area contributed by atoms with E-state index in [1.54, 1.807) is 24.3 Å². The largest absolute Gasteiger partial charge is 0.507 e. The summed E-state index contributed by atoms with van der Waals surface area (Å²) >= 11 is 59.1. The van der Waals surface area contributed by atoms with Gasteiger partial charge in [0.2, 0.25) is 0 Å². The maximum Gasteiger partial charge on any atom is 0.138 e. The molecule has 3 aliphatic carbocycles. The summed E-state index contributed by atoms with van der Waals surface area (Å²) in [6.45, 7) is 0. The van der Waals surface area contributed by atoms with Crippen LogP contribution in [0.5, 0.6) is 34.5 Å². The summed E-state index contributed by atoms with van der Waals surface area (Å²) in [6, 6.07) is 22.7. The van der Waals surface area contributed by atoms with Gasteiger partial charge in [-0.15, -0.1) is 0 Å². The molecule has 3 fully saturated rings. The predicted octanol–water partition coefficient (Wildman–Crippen LogP) is 27.1. The molecule has 0 saturated heterocycles. The van der Waals surface area contributed by atoms with E-state index in [9.17, 15) is 30.6 Å². The third-order valence-electron chi connectivity index (χ3n) is 15.8. The number of phenols is 6. The molecule has 6 unspecified atom stereocenters. The zero-order valence-corrected chi connectivity index (χ0v) is 71.9. The topological polar surface area (TPSA) is 121 Å². The van der Waals surface area contributed by atoms with Crippen molar-refractivity contribution in [3.8, 4) is 34.5 Å². The van der Waals surface area contributed by atoms with Crippen LogP contribution in [0.15, 0.2) is 90.7 Å². The highest BCUT2D eigenvalue weighted by Crippen LogP contribution is 2.46. The Morgan fingerprint density at radius 2 is 0.556 bits per heavy atom. The van der Waals surface area contributed by atoms with Gasteiger partial charge >= 0.3 is 0 Å². The van der Waals surface area contributed by atoms with Crippen molar-refractivity contribution in [2.75, 3.05) is 0 Å². The molecule has 6 aromatic carbocycles. The van der Waals surface area contributed by atoms with E-state index in [2.05, 4.69) is 166 Å². The first-order chi connectivity index (χ1) is 43.0. The smallest absolute Gasteiger partial charge is 0.138 e. The van der Waals surface area contributed by atoms with Crippen LogP contribution in [0.3, 0.4) is 0 Å². The molecular formula is C66H72Br4Cl4I4O6S6. The van der Waals surface area contributed by atoms with Crippen molar-refractivity contribution in [2.24, 2.45) is 0 Å². The standard InChI is InChI=1S/C22H24Br4O2S2.C22H24Cl4O2S2.C22H24I4O2S2/c3*23-15-7-13(21(27)17(25)9-15)11-29-19-5-3-1-2-4-6-20(19)30-12-14-8-16(24)10-18(26)22(14)28/h3*7-10,19-20,27-28H,1-6,11-12H2. The van der Waals surface area contributed by atoms with E-state index in [-0.39, 0.29) is 21.5 Å².